The Labute approximate surface area is 182 Å². The van der Waals surface area contributed by atoms with Crippen molar-refractivity contribution in [1.82, 2.24) is 15.0 Å². The number of halogens is 2. The third kappa shape index (κ3) is 5.30. The highest BCUT2D eigenvalue weighted by Gasteiger charge is 2.15. The standard InChI is InChI=1S/C20H21ClIN5O/c1-12(2)18(11-28)26-20-25-17(13-4-3-7-23-10-13)9-19(27-20)24-16-6-5-14(22)8-15(16)21/h3-10,12,18,28H,11H2,1-2H3,(H2,24,25,26,27)/t18-/m1/s1. The lowest BCUT2D eigenvalue weighted by Gasteiger charge is -2.20. The average Bonchev–Trinajstić information content (AvgIpc) is 2.68. The SMILES string of the molecule is CC(C)[C@@H](CO)Nc1nc(Nc2ccc(I)cc2Cl)cc(-c2cccnc2)n1. The molecule has 3 N–H and O–H groups in total. The minimum absolute atomic E-state index is 0.0101. The van der Waals surface area contributed by atoms with E-state index < -0.39 is 0 Å². The fourth-order valence-corrected chi connectivity index (χ4v) is 3.46. The molecule has 3 aromatic rings. The Morgan fingerprint density at radius 2 is 2.00 bits per heavy atom. The van der Waals surface area contributed by atoms with Crippen LogP contribution >= 0.6 is 34.2 Å². The zero-order valence-corrected chi connectivity index (χ0v) is 18.4. The Balaban J connectivity index is 1.99. The van der Waals surface area contributed by atoms with E-state index in [1.54, 1.807) is 12.4 Å². The molecule has 1 atom stereocenters. The van der Waals surface area contributed by atoms with E-state index in [9.17, 15) is 5.11 Å². The Morgan fingerprint density at radius 1 is 1.18 bits per heavy atom. The highest BCUT2D eigenvalue weighted by atomic mass is 127. The molecule has 3 rings (SSSR count). The van der Waals surface area contributed by atoms with Crippen LogP contribution in [0.25, 0.3) is 11.3 Å². The van der Waals surface area contributed by atoms with Gasteiger partial charge in [0.2, 0.25) is 5.95 Å². The summed E-state index contributed by atoms with van der Waals surface area (Å²) in [6.07, 6.45) is 3.47. The van der Waals surface area contributed by atoms with Crippen LogP contribution in [0.4, 0.5) is 17.5 Å². The van der Waals surface area contributed by atoms with Crippen molar-refractivity contribution in [1.29, 1.82) is 0 Å². The molecular weight excluding hydrogens is 489 g/mol. The number of pyridine rings is 1. The maximum Gasteiger partial charge on any atom is 0.225 e. The zero-order valence-electron chi connectivity index (χ0n) is 15.5. The molecule has 6 nitrogen and oxygen atoms in total. The second-order valence-corrected chi connectivity index (χ2v) is 8.28. The Morgan fingerprint density at radius 3 is 2.64 bits per heavy atom. The van der Waals surface area contributed by atoms with Crippen LogP contribution < -0.4 is 10.6 Å². The van der Waals surface area contributed by atoms with Crippen molar-refractivity contribution in [3.63, 3.8) is 0 Å². The van der Waals surface area contributed by atoms with Crippen LogP contribution in [0.3, 0.4) is 0 Å². The number of anilines is 3. The van der Waals surface area contributed by atoms with Crippen molar-refractivity contribution >= 4 is 51.6 Å². The van der Waals surface area contributed by atoms with Gasteiger partial charge in [0.05, 0.1) is 29.1 Å². The summed E-state index contributed by atoms with van der Waals surface area (Å²) in [4.78, 5) is 13.3. The van der Waals surface area contributed by atoms with Gasteiger partial charge in [-0.15, -0.1) is 0 Å². The third-order valence-corrected chi connectivity index (χ3v) is 5.18. The molecule has 0 aliphatic heterocycles. The van der Waals surface area contributed by atoms with E-state index in [0.717, 1.165) is 20.5 Å². The van der Waals surface area contributed by atoms with Crippen molar-refractivity contribution in [2.24, 2.45) is 5.92 Å². The first-order valence-corrected chi connectivity index (χ1v) is 10.3. The molecule has 146 valence electrons. The van der Waals surface area contributed by atoms with Crippen LogP contribution in [-0.4, -0.2) is 32.7 Å². The molecule has 0 fully saturated rings. The molecule has 0 aliphatic carbocycles. The van der Waals surface area contributed by atoms with Crippen molar-refractivity contribution in [3.8, 4) is 11.3 Å². The molecule has 1 aromatic carbocycles. The first-order valence-electron chi connectivity index (χ1n) is 8.85. The third-order valence-electron chi connectivity index (χ3n) is 4.19. The second-order valence-electron chi connectivity index (χ2n) is 6.63. The fraction of sp³-hybridized carbons (Fsp3) is 0.250. The molecule has 0 saturated carbocycles. The van der Waals surface area contributed by atoms with Gasteiger partial charge >= 0.3 is 0 Å². The van der Waals surface area contributed by atoms with E-state index in [4.69, 9.17) is 11.6 Å². The van der Waals surface area contributed by atoms with Gasteiger partial charge in [-0.3, -0.25) is 4.98 Å². The maximum absolute atomic E-state index is 9.65. The summed E-state index contributed by atoms with van der Waals surface area (Å²) in [5.41, 5.74) is 2.34. The molecule has 0 spiro atoms. The van der Waals surface area contributed by atoms with Crippen LogP contribution in [0.5, 0.6) is 0 Å². The van der Waals surface area contributed by atoms with Crippen molar-refractivity contribution < 1.29 is 5.11 Å². The summed E-state index contributed by atoms with van der Waals surface area (Å²) < 4.78 is 1.05. The number of hydrogen-bond donors (Lipinski definition) is 3. The molecule has 0 saturated heterocycles. The minimum Gasteiger partial charge on any atom is -0.394 e. The number of rotatable bonds is 7. The van der Waals surface area contributed by atoms with Crippen molar-refractivity contribution in [3.05, 3.63) is 57.4 Å². The van der Waals surface area contributed by atoms with E-state index in [0.29, 0.717) is 16.8 Å². The molecule has 0 bridgehead atoms. The molecule has 2 aromatic heterocycles. The number of benzene rings is 1. The summed E-state index contributed by atoms with van der Waals surface area (Å²) in [7, 11) is 0. The predicted octanol–water partition coefficient (Wildman–Crippen LogP) is 4.97. The first kappa shape index (κ1) is 20.8. The number of nitrogens with one attached hydrogen (secondary N) is 2. The molecule has 0 radical (unpaired) electrons. The quantitative estimate of drug-likeness (QED) is 0.390. The van der Waals surface area contributed by atoms with Crippen LogP contribution in [0.15, 0.2) is 48.8 Å². The minimum atomic E-state index is -0.154. The van der Waals surface area contributed by atoms with Crippen molar-refractivity contribution in [2.45, 2.75) is 19.9 Å². The molecular formula is C20H21ClIN5O. The maximum atomic E-state index is 9.65. The highest BCUT2D eigenvalue weighted by molar-refractivity contribution is 14.1. The Bertz CT molecular complexity index is 939. The largest absolute Gasteiger partial charge is 0.394 e. The second kappa shape index (κ2) is 9.49. The summed E-state index contributed by atoms with van der Waals surface area (Å²) >= 11 is 8.57. The van der Waals surface area contributed by atoms with Crippen molar-refractivity contribution in [2.75, 3.05) is 17.2 Å². The zero-order chi connectivity index (χ0) is 20.1. The first-order chi connectivity index (χ1) is 13.5. The monoisotopic (exact) mass is 509 g/mol. The van der Waals surface area contributed by atoms with Gasteiger partial charge in [0.1, 0.15) is 5.82 Å². The van der Waals surface area contributed by atoms with Gasteiger partial charge in [0.25, 0.3) is 0 Å². The molecule has 0 amide bonds. The number of hydrogen-bond acceptors (Lipinski definition) is 6. The molecule has 2 heterocycles. The Kier molecular flexibility index (Phi) is 7.03. The van der Waals surface area contributed by atoms with Crippen LogP contribution in [0, 0.1) is 9.49 Å². The smallest absolute Gasteiger partial charge is 0.225 e. The number of aliphatic hydroxyl groups excluding tert-OH is 1. The van der Waals surface area contributed by atoms with E-state index in [1.165, 1.54) is 0 Å². The lowest BCUT2D eigenvalue weighted by molar-refractivity contribution is 0.248. The lowest BCUT2D eigenvalue weighted by Crippen LogP contribution is -2.30. The fourth-order valence-electron chi connectivity index (χ4n) is 2.56. The molecule has 0 unspecified atom stereocenters. The Hall–Kier alpha value is -1.97. The van der Waals surface area contributed by atoms with Crippen LogP contribution in [-0.2, 0) is 0 Å². The van der Waals surface area contributed by atoms with E-state index in [-0.39, 0.29) is 18.6 Å². The summed E-state index contributed by atoms with van der Waals surface area (Å²) in [5, 5.41) is 16.7. The van der Waals surface area contributed by atoms with Gasteiger partial charge < -0.3 is 15.7 Å². The normalized spacial score (nSPS) is 12.1. The molecule has 0 aliphatic rings. The van der Waals surface area contributed by atoms with Crippen LogP contribution in [0.2, 0.25) is 5.02 Å². The van der Waals surface area contributed by atoms with Gasteiger partial charge in [0.15, 0.2) is 0 Å². The number of aromatic nitrogens is 3. The van der Waals surface area contributed by atoms with Gasteiger partial charge in [-0.25, -0.2) is 4.98 Å². The van der Waals surface area contributed by atoms with E-state index >= 15 is 0 Å². The van der Waals surface area contributed by atoms with E-state index in [2.05, 4.69) is 48.2 Å². The summed E-state index contributed by atoms with van der Waals surface area (Å²) in [6.45, 7) is 4.05. The van der Waals surface area contributed by atoms with Gasteiger partial charge in [0, 0.05) is 27.6 Å². The summed E-state index contributed by atoms with van der Waals surface area (Å²) in [5.74, 6) is 1.25. The topological polar surface area (TPSA) is 83.0 Å². The lowest BCUT2D eigenvalue weighted by atomic mass is 10.1. The predicted molar refractivity (Wildman–Crippen MR) is 122 cm³/mol. The van der Waals surface area contributed by atoms with E-state index in [1.807, 2.05) is 50.2 Å². The van der Waals surface area contributed by atoms with Gasteiger partial charge in [-0.1, -0.05) is 25.4 Å². The van der Waals surface area contributed by atoms with Crippen LogP contribution in [0.1, 0.15) is 13.8 Å². The van der Waals surface area contributed by atoms with Gasteiger partial charge in [-0.2, -0.15) is 4.98 Å². The number of nitrogens with zero attached hydrogens (tertiary/aromatic N) is 3. The average molecular weight is 510 g/mol. The number of aliphatic hydroxyl groups is 1. The molecule has 28 heavy (non-hydrogen) atoms. The van der Waals surface area contributed by atoms with Gasteiger partial charge in [-0.05, 0) is 58.8 Å². The molecule has 8 heteroatoms. The summed E-state index contributed by atoms with van der Waals surface area (Å²) in [6, 6.07) is 11.3. The highest BCUT2D eigenvalue weighted by Crippen LogP contribution is 2.29.